The second-order valence-electron chi connectivity index (χ2n) is 5.91. The fraction of sp³-hybridized carbons (Fsp3) is 0.174. The minimum Gasteiger partial charge on any atom is -0.340 e. The van der Waals surface area contributed by atoms with Gasteiger partial charge in [-0.25, -0.2) is 0 Å². The Hall–Kier alpha value is -2.42. The number of hydrogen-bond donors (Lipinski definition) is 0. The summed E-state index contributed by atoms with van der Waals surface area (Å²) in [5, 5.41) is 0. The molecule has 0 aliphatic carbocycles. The van der Waals surface area contributed by atoms with Crippen LogP contribution in [0.5, 0.6) is 0 Å². The maximum Gasteiger partial charge on any atom is 0.224 e. The molecule has 0 heterocycles. The molecular formula is C23H23O2. The predicted octanol–water partition coefficient (Wildman–Crippen LogP) is 5.54. The lowest BCUT2D eigenvalue weighted by Gasteiger charge is -2.17. The fourth-order valence-corrected chi connectivity index (χ4v) is 2.55. The number of aryl methyl sites for hydroxylation is 1. The Balaban J connectivity index is 1.56. The summed E-state index contributed by atoms with van der Waals surface area (Å²) in [6.07, 6.45) is 2.35. The summed E-state index contributed by atoms with van der Waals surface area (Å²) in [6, 6.07) is 30.8. The molecule has 0 unspecified atom stereocenters. The first-order valence-corrected chi connectivity index (χ1v) is 8.63. The first kappa shape index (κ1) is 17.4. The van der Waals surface area contributed by atoms with Gasteiger partial charge in [0.2, 0.25) is 6.29 Å². The van der Waals surface area contributed by atoms with Crippen molar-refractivity contribution in [2.24, 2.45) is 0 Å². The van der Waals surface area contributed by atoms with Gasteiger partial charge in [-0.3, -0.25) is 0 Å². The van der Waals surface area contributed by atoms with Crippen LogP contribution < -0.4 is 0 Å². The van der Waals surface area contributed by atoms with Gasteiger partial charge in [0, 0.05) is 6.42 Å². The lowest BCUT2D eigenvalue weighted by molar-refractivity contribution is -0.0655. The van der Waals surface area contributed by atoms with E-state index in [0.717, 1.165) is 24.0 Å². The highest BCUT2D eigenvalue weighted by molar-refractivity contribution is 5.16. The van der Waals surface area contributed by atoms with E-state index < -0.39 is 0 Å². The van der Waals surface area contributed by atoms with Gasteiger partial charge in [-0.15, -0.1) is 0 Å². The zero-order valence-electron chi connectivity index (χ0n) is 14.3. The largest absolute Gasteiger partial charge is 0.340 e. The maximum atomic E-state index is 5.97. The SMILES string of the molecule is c1ccc(CC[C](OCc2ccccc2)OCc2ccccc2)cc1. The molecule has 3 rings (SSSR count). The van der Waals surface area contributed by atoms with Gasteiger partial charge in [0.05, 0.1) is 13.2 Å². The Kier molecular flexibility index (Phi) is 6.80. The highest BCUT2D eigenvalue weighted by Crippen LogP contribution is 2.19. The van der Waals surface area contributed by atoms with Crippen molar-refractivity contribution >= 4 is 0 Å². The molecule has 127 valence electrons. The first-order valence-electron chi connectivity index (χ1n) is 8.63. The molecule has 0 atom stereocenters. The molecule has 2 nitrogen and oxygen atoms in total. The minimum atomic E-state index is 0.528. The van der Waals surface area contributed by atoms with Crippen LogP contribution in [-0.2, 0) is 29.1 Å². The van der Waals surface area contributed by atoms with Crippen molar-refractivity contribution in [3.8, 4) is 0 Å². The van der Waals surface area contributed by atoms with Gasteiger partial charge in [0.1, 0.15) is 0 Å². The molecule has 25 heavy (non-hydrogen) atoms. The number of benzene rings is 3. The molecule has 0 saturated heterocycles. The second-order valence-corrected chi connectivity index (χ2v) is 5.91. The molecule has 0 aromatic heterocycles. The summed E-state index contributed by atoms with van der Waals surface area (Å²) in [7, 11) is 0. The van der Waals surface area contributed by atoms with Crippen molar-refractivity contribution in [1.29, 1.82) is 0 Å². The minimum absolute atomic E-state index is 0.528. The predicted molar refractivity (Wildman–Crippen MR) is 100 cm³/mol. The smallest absolute Gasteiger partial charge is 0.224 e. The molecule has 0 aliphatic heterocycles. The van der Waals surface area contributed by atoms with Crippen molar-refractivity contribution < 1.29 is 9.47 Å². The molecule has 2 heteroatoms. The van der Waals surface area contributed by atoms with Crippen molar-refractivity contribution in [3.63, 3.8) is 0 Å². The van der Waals surface area contributed by atoms with Gasteiger partial charge in [-0.2, -0.15) is 0 Å². The fourth-order valence-electron chi connectivity index (χ4n) is 2.55. The molecule has 0 fully saturated rings. The van der Waals surface area contributed by atoms with Crippen LogP contribution in [-0.4, -0.2) is 0 Å². The molecule has 1 radical (unpaired) electrons. The highest BCUT2D eigenvalue weighted by atomic mass is 16.7. The van der Waals surface area contributed by atoms with E-state index in [1.54, 1.807) is 0 Å². The normalized spacial score (nSPS) is 10.9. The van der Waals surface area contributed by atoms with Crippen LogP contribution in [0.4, 0.5) is 0 Å². The first-order chi connectivity index (χ1) is 12.4. The Morgan fingerprint density at radius 3 is 1.36 bits per heavy atom. The zero-order chi connectivity index (χ0) is 17.2. The topological polar surface area (TPSA) is 18.5 Å². The summed E-state index contributed by atoms with van der Waals surface area (Å²) in [6.45, 7) is 1.06. The average Bonchev–Trinajstić information content (AvgIpc) is 2.70. The van der Waals surface area contributed by atoms with Crippen LogP contribution >= 0.6 is 0 Å². The van der Waals surface area contributed by atoms with E-state index in [-0.39, 0.29) is 0 Å². The monoisotopic (exact) mass is 331 g/mol. The molecule has 0 amide bonds. The average molecular weight is 331 g/mol. The van der Waals surface area contributed by atoms with Gasteiger partial charge in [-0.05, 0) is 23.1 Å². The maximum absolute atomic E-state index is 5.97. The van der Waals surface area contributed by atoms with Gasteiger partial charge in [-0.1, -0.05) is 91.0 Å². The summed E-state index contributed by atoms with van der Waals surface area (Å²) in [4.78, 5) is 0. The third-order valence-electron chi connectivity index (χ3n) is 3.95. The Labute approximate surface area is 150 Å². The quantitative estimate of drug-likeness (QED) is 0.512. The van der Waals surface area contributed by atoms with Crippen molar-refractivity contribution in [2.45, 2.75) is 26.1 Å². The molecule has 0 N–H and O–H groups in total. The van der Waals surface area contributed by atoms with Crippen molar-refractivity contribution in [2.75, 3.05) is 0 Å². The van der Waals surface area contributed by atoms with E-state index in [2.05, 4.69) is 48.5 Å². The summed E-state index contributed by atoms with van der Waals surface area (Å²) >= 11 is 0. The number of hydrogen-bond acceptors (Lipinski definition) is 2. The van der Waals surface area contributed by atoms with E-state index in [0.29, 0.717) is 19.5 Å². The summed E-state index contributed by atoms with van der Waals surface area (Å²) < 4.78 is 11.9. The zero-order valence-corrected chi connectivity index (χ0v) is 14.3. The molecule has 0 aliphatic rings. The van der Waals surface area contributed by atoms with Gasteiger partial charge in [0.15, 0.2) is 0 Å². The molecule has 0 spiro atoms. The molecule has 0 bridgehead atoms. The van der Waals surface area contributed by atoms with E-state index in [1.165, 1.54) is 5.56 Å². The van der Waals surface area contributed by atoms with Crippen LogP contribution in [0.2, 0.25) is 0 Å². The van der Waals surface area contributed by atoms with Gasteiger partial charge >= 0.3 is 0 Å². The third kappa shape index (κ3) is 6.18. The highest BCUT2D eigenvalue weighted by Gasteiger charge is 2.13. The Morgan fingerprint density at radius 2 is 0.920 bits per heavy atom. The van der Waals surface area contributed by atoms with Crippen LogP contribution in [0.25, 0.3) is 0 Å². The second kappa shape index (κ2) is 9.77. The number of ether oxygens (including phenoxy) is 2. The van der Waals surface area contributed by atoms with Crippen LogP contribution in [0.3, 0.4) is 0 Å². The van der Waals surface area contributed by atoms with Crippen LogP contribution in [0, 0.1) is 6.29 Å². The Bertz CT molecular complexity index is 607. The van der Waals surface area contributed by atoms with Crippen molar-refractivity contribution in [3.05, 3.63) is 114 Å². The van der Waals surface area contributed by atoms with E-state index in [1.807, 2.05) is 42.5 Å². The van der Waals surface area contributed by atoms with E-state index in [9.17, 15) is 0 Å². The lowest BCUT2D eigenvalue weighted by atomic mass is 10.1. The Morgan fingerprint density at radius 1 is 0.520 bits per heavy atom. The van der Waals surface area contributed by atoms with E-state index >= 15 is 0 Å². The number of rotatable bonds is 9. The summed E-state index contributed by atoms with van der Waals surface area (Å²) in [5.41, 5.74) is 3.57. The third-order valence-corrected chi connectivity index (χ3v) is 3.95. The molecular weight excluding hydrogens is 308 g/mol. The molecule has 3 aromatic carbocycles. The molecule has 3 aromatic rings. The molecule has 0 saturated carbocycles. The van der Waals surface area contributed by atoms with E-state index in [4.69, 9.17) is 9.47 Å². The van der Waals surface area contributed by atoms with Gasteiger partial charge in [0.25, 0.3) is 0 Å². The lowest BCUT2D eigenvalue weighted by Crippen LogP contribution is -2.10. The summed E-state index contributed by atoms with van der Waals surface area (Å²) in [5.74, 6) is 0. The van der Waals surface area contributed by atoms with Crippen molar-refractivity contribution in [1.82, 2.24) is 0 Å². The van der Waals surface area contributed by atoms with Crippen LogP contribution in [0.15, 0.2) is 91.0 Å². The standard InChI is InChI=1S/C23H23O2/c1-4-10-20(11-5-1)16-17-23(24-18-21-12-6-2-7-13-21)25-19-22-14-8-3-9-15-22/h1-15H,16-19H2. The van der Waals surface area contributed by atoms with Crippen LogP contribution in [0.1, 0.15) is 23.1 Å². The van der Waals surface area contributed by atoms with Gasteiger partial charge < -0.3 is 9.47 Å².